The van der Waals surface area contributed by atoms with Crippen LogP contribution in [0.25, 0.3) is 0 Å². The molecule has 0 fully saturated rings. The molecule has 0 rings (SSSR count). The highest BCUT2D eigenvalue weighted by Crippen LogP contribution is 1.91. The number of carbonyl (C=O) groups excluding carboxylic acids is 2. The van der Waals surface area contributed by atoms with Gasteiger partial charge in [0.15, 0.2) is 9.99 Å². The first-order valence-corrected chi connectivity index (χ1v) is 3.18. The SMILES string of the molecule is N=S(=N)(N=C=O)N=C=O. The number of nitrogens with one attached hydrogen (secondary N) is 2. The van der Waals surface area contributed by atoms with Gasteiger partial charge >= 0.3 is 0 Å². The fourth-order valence-electron chi connectivity index (χ4n) is 0.128. The third-order valence-electron chi connectivity index (χ3n) is 0.339. The van der Waals surface area contributed by atoms with Crippen molar-refractivity contribution in [1.82, 2.24) is 0 Å². The van der Waals surface area contributed by atoms with E-state index < -0.39 is 9.99 Å². The molecule has 2 N–H and O–H groups in total. The largest absolute Gasteiger partial charge is 0.250 e. The Labute approximate surface area is 51.0 Å². The first-order chi connectivity index (χ1) is 4.12. The second kappa shape index (κ2) is 2.88. The van der Waals surface area contributed by atoms with Crippen LogP contribution < -0.4 is 0 Å². The zero-order valence-electron chi connectivity index (χ0n) is 4.12. The number of rotatable bonds is 2. The first kappa shape index (κ1) is 7.71. The van der Waals surface area contributed by atoms with Crippen molar-refractivity contribution in [1.29, 1.82) is 9.56 Å². The van der Waals surface area contributed by atoms with Crippen molar-refractivity contribution in [2.75, 3.05) is 0 Å². The summed E-state index contributed by atoms with van der Waals surface area (Å²) in [5.74, 6) is 0. The van der Waals surface area contributed by atoms with Gasteiger partial charge in [0.2, 0.25) is 0 Å². The van der Waals surface area contributed by atoms with Crippen molar-refractivity contribution < 1.29 is 9.59 Å². The minimum atomic E-state index is -3.28. The van der Waals surface area contributed by atoms with E-state index in [2.05, 4.69) is 8.80 Å². The summed E-state index contributed by atoms with van der Waals surface area (Å²) in [4.78, 5) is 18.8. The molecule has 0 aliphatic carbocycles. The molecule has 0 heterocycles. The van der Waals surface area contributed by atoms with Crippen LogP contribution in [0, 0.1) is 9.56 Å². The molecule has 0 radical (unpaired) electrons. The minimum Gasteiger partial charge on any atom is -0.231 e. The van der Waals surface area contributed by atoms with Gasteiger partial charge in [0.05, 0.1) is 0 Å². The van der Waals surface area contributed by atoms with Crippen LogP contribution in [-0.2, 0) is 19.6 Å². The second-order valence-corrected chi connectivity index (χ2v) is 2.38. The molecule has 48 valence electrons. The lowest BCUT2D eigenvalue weighted by Gasteiger charge is -1.83. The van der Waals surface area contributed by atoms with E-state index in [9.17, 15) is 9.59 Å². The lowest BCUT2D eigenvalue weighted by atomic mass is 11.7. The van der Waals surface area contributed by atoms with Gasteiger partial charge in [-0.25, -0.2) is 19.1 Å². The van der Waals surface area contributed by atoms with E-state index in [-0.39, 0.29) is 0 Å². The lowest BCUT2D eigenvalue weighted by molar-refractivity contribution is 0.566. The predicted molar refractivity (Wildman–Crippen MR) is 29.0 cm³/mol. The fraction of sp³-hybridized carbons (Fsp3) is 0. The Bertz CT molecular complexity index is 254. The van der Waals surface area contributed by atoms with Gasteiger partial charge in [-0.1, -0.05) is 8.80 Å². The molecule has 7 heteroatoms. The molecule has 0 aliphatic heterocycles. The fourth-order valence-corrected chi connectivity index (χ4v) is 0.385. The van der Waals surface area contributed by atoms with Gasteiger partial charge in [0.25, 0.3) is 12.2 Å². The highest BCUT2D eigenvalue weighted by atomic mass is 32.2. The van der Waals surface area contributed by atoms with Gasteiger partial charge in [-0.05, 0) is 0 Å². The molecule has 0 unspecified atom stereocenters. The Morgan fingerprint density at radius 3 is 1.67 bits per heavy atom. The Hall–Kier alpha value is -1.29. The van der Waals surface area contributed by atoms with Crippen LogP contribution in [0.2, 0.25) is 0 Å². The maximum atomic E-state index is 9.39. The van der Waals surface area contributed by atoms with Gasteiger partial charge in [0, 0.05) is 0 Å². The van der Waals surface area contributed by atoms with Crippen LogP contribution in [0.4, 0.5) is 0 Å². The van der Waals surface area contributed by atoms with Crippen molar-refractivity contribution in [3.05, 3.63) is 0 Å². The van der Waals surface area contributed by atoms with E-state index in [1.165, 1.54) is 0 Å². The summed E-state index contributed by atoms with van der Waals surface area (Å²) in [6.45, 7) is 0. The second-order valence-electron chi connectivity index (χ2n) is 0.914. The number of hydrogen-bond acceptors (Lipinski definition) is 4. The average Bonchev–Trinajstić information content (AvgIpc) is 1.64. The summed E-state index contributed by atoms with van der Waals surface area (Å²) in [6.07, 6.45) is 1.91. The summed E-state index contributed by atoms with van der Waals surface area (Å²) < 4.78 is 18.5. The first-order valence-electron chi connectivity index (χ1n) is 1.63. The van der Waals surface area contributed by atoms with E-state index in [4.69, 9.17) is 9.56 Å². The molecule has 0 bridgehead atoms. The standard InChI is InChI=1S/C2H2N4O2S/c3-9(4,5-1-7)6-2-8/h3-4H. The highest BCUT2D eigenvalue weighted by Gasteiger charge is 1.88. The van der Waals surface area contributed by atoms with Crippen LogP contribution >= 0.6 is 0 Å². The van der Waals surface area contributed by atoms with Gasteiger partial charge in [-0.3, -0.25) is 0 Å². The summed E-state index contributed by atoms with van der Waals surface area (Å²) in [5, 5.41) is 0. The number of hydrogen-bond donors (Lipinski definition) is 2. The van der Waals surface area contributed by atoms with E-state index in [1.807, 2.05) is 0 Å². The summed E-state index contributed by atoms with van der Waals surface area (Å²) in [7, 11) is -3.28. The molecule has 0 atom stereocenters. The normalized spacial score (nSPS) is 8.89. The summed E-state index contributed by atoms with van der Waals surface area (Å²) >= 11 is 0. The van der Waals surface area contributed by atoms with Gasteiger partial charge in [-0.2, -0.15) is 0 Å². The van der Waals surface area contributed by atoms with Crippen LogP contribution in [0.5, 0.6) is 0 Å². The third-order valence-corrected chi connectivity index (χ3v) is 1.02. The van der Waals surface area contributed by atoms with Gasteiger partial charge < -0.3 is 0 Å². The topological polar surface area (TPSA) is 107 Å². The molecule has 0 saturated heterocycles. The predicted octanol–water partition coefficient (Wildman–Crippen LogP) is 0.167. The van der Waals surface area contributed by atoms with Gasteiger partial charge in [0.1, 0.15) is 0 Å². The molecule has 9 heavy (non-hydrogen) atoms. The Morgan fingerprint density at radius 2 is 1.44 bits per heavy atom. The summed E-state index contributed by atoms with van der Waals surface area (Å²) in [5.41, 5.74) is 0. The Morgan fingerprint density at radius 1 is 1.11 bits per heavy atom. The maximum Gasteiger partial charge on any atom is 0.250 e. The minimum absolute atomic E-state index is 0.957. The monoisotopic (exact) mass is 146 g/mol. The zero-order valence-corrected chi connectivity index (χ0v) is 4.94. The van der Waals surface area contributed by atoms with E-state index in [0.29, 0.717) is 0 Å². The number of nitrogens with zero attached hydrogens (tertiary/aromatic N) is 2. The van der Waals surface area contributed by atoms with E-state index in [0.717, 1.165) is 12.2 Å². The van der Waals surface area contributed by atoms with Crippen LogP contribution in [0.15, 0.2) is 8.80 Å². The molecule has 0 aliphatic rings. The Kier molecular flexibility index (Phi) is 2.47. The van der Waals surface area contributed by atoms with Crippen LogP contribution in [0.1, 0.15) is 0 Å². The van der Waals surface area contributed by atoms with Crippen molar-refractivity contribution in [2.45, 2.75) is 0 Å². The smallest absolute Gasteiger partial charge is 0.231 e. The molecule has 0 aromatic heterocycles. The Balaban J connectivity index is 4.84. The van der Waals surface area contributed by atoms with Crippen molar-refractivity contribution in [2.24, 2.45) is 8.80 Å². The number of isocyanates is 2. The van der Waals surface area contributed by atoms with E-state index in [1.54, 1.807) is 0 Å². The van der Waals surface area contributed by atoms with Crippen molar-refractivity contribution in [3.63, 3.8) is 0 Å². The molecule has 0 spiro atoms. The average molecular weight is 146 g/mol. The molecular formula is C2H2N4O2S. The molecule has 0 amide bonds. The molecule has 6 nitrogen and oxygen atoms in total. The third kappa shape index (κ3) is 3.31. The van der Waals surface area contributed by atoms with Crippen LogP contribution in [0.3, 0.4) is 0 Å². The summed E-state index contributed by atoms with van der Waals surface area (Å²) in [6, 6.07) is 0. The van der Waals surface area contributed by atoms with Crippen molar-refractivity contribution >= 4 is 22.2 Å². The highest BCUT2D eigenvalue weighted by molar-refractivity contribution is 7.91. The maximum absolute atomic E-state index is 9.39. The van der Waals surface area contributed by atoms with E-state index >= 15 is 0 Å². The van der Waals surface area contributed by atoms with Crippen molar-refractivity contribution in [3.8, 4) is 0 Å². The molecule has 0 aromatic carbocycles. The quantitative estimate of drug-likeness (QED) is 0.427. The lowest BCUT2D eigenvalue weighted by Crippen LogP contribution is -1.80. The molecule has 0 saturated carbocycles. The van der Waals surface area contributed by atoms with Gasteiger partial charge in [-0.15, -0.1) is 0 Å². The van der Waals surface area contributed by atoms with Crippen LogP contribution in [-0.4, -0.2) is 12.2 Å². The zero-order chi connectivity index (χ0) is 7.33. The molecular weight excluding hydrogens is 144 g/mol. The molecule has 0 aromatic rings.